The largest absolute Gasteiger partial charge is 0.466 e. The van der Waals surface area contributed by atoms with Crippen molar-refractivity contribution in [1.82, 2.24) is 4.72 Å². The molecule has 1 heterocycles. The van der Waals surface area contributed by atoms with Crippen molar-refractivity contribution in [1.29, 1.82) is 0 Å². The molecule has 0 aromatic carbocycles. The zero-order valence-corrected chi connectivity index (χ0v) is 13.4. The zero-order chi connectivity index (χ0) is 15.7. The minimum absolute atomic E-state index is 0.152. The summed E-state index contributed by atoms with van der Waals surface area (Å²) in [6.45, 7) is 2.38. The molecule has 1 aromatic heterocycles. The van der Waals surface area contributed by atoms with Crippen LogP contribution in [-0.4, -0.2) is 33.3 Å². The van der Waals surface area contributed by atoms with Crippen LogP contribution < -0.4 is 10.5 Å². The summed E-state index contributed by atoms with van der Waals surface area (Å²) in [5, 5.41) is 1.84. The fourth-order valence-corrected chi connectivity index (χ4v) is 3.20. The topological polar surface area (TPSA) is 98.5 Å². The minimum Gasteiger partial charge on any atom is -0.466 e. The predicted octanol–water partition coefficient (Wildman–Crippen LogP) is 0.431. The molecular formula is C13H18N2O4S2. The van der Waals surface area contributed by atoms with Crippen LogP contribution in [0.3, 0.4) is 0 Å². The van der Waals surface area contributed by atoms with Crippen molar-refractivity contribution in [2.75, 3.05) is 18.9 Å². The number of sulfonamides is 1. The van der Waals surface area contributed by atoms with Gasteiger partial charge in [0.05, 0.1) is 25.3 Å². The van der Waals surface area contributed by atoms with Crippen molar-refractivity contribution in [2.45, 2.75) is 19.9 Å². The highest BCUT2D eigenvalue weighted by Gasteiger charge is 2.14. The first-order valence-electron chi connectivity index (χ1n) is 6.36. The van der Waals surface area contributed by atoms with Crippen LogP contribution in [0, 0.1) is 11.8 Å². The highest BCUT2D eigenvalue weighted by molar-refractivity contribution is 7.89. The minimum atomic E-state index is -3.50. The molecule has 0 bridgehead atoms. The average molecular weight is 330 g/mol. The summed E-state index contributed by atoms with van der Waals surface area (Å²) in [6, 6.07) is 1.81. The van der Waals surface area contributed by atoms with E-state index in [1.165, 1.54) is 11.3 Å². The van der Waals surface area contributed by atoms with Crippen LogP contribution in [0.2, 0.25) is 0 Å². The van der Waals surface area contributed by atoms with E-state index in [1.54, 1.807) is 13.0 Å². The van der Waals surface area contributed by atoms with Gasteiger partial charge in [0.25, 0.3) is 0 Å². The first kappa shape index (κ1) is 17.7. The molecule has 0 aliphatic carbocycles. The highest BCUT2D eigenvalue weighted by Crippen LogP contribution is 2.13. The number of hydrogen-bond donors (Lipinski definition) is 2. The number of thiophene rings is 1. The number of esters is 1. The van der Waals surface area contributed by atoms with E-state index in [2.05, 4.69) is 21.3 Å². The lowest BCUT2D eigenvalue weighted by molar-refractivity contribution is -0.142. The lowest BCUT2D eigenvalue weighted by atomic mass is 10.3. The molecule has 0 saturated heterocycles. The molecule has 6 nitrogen and oxygen atoms in total. The zero-order valence-electron chi connectivity index (χ0n) is 11.7. The lowest BCUT2D eigenvalue weighted by Crippen LogP contribution is -2.27. The first-order chi connectivity index (χ1) is 9.96. The van der Waals surface area contributed by atoms with Gasteiger partial charge in [-0.15, -0.1) is 11.3 Å². The Morgan fingerprint density at radius 3 is 2.95 bits per heavy atom. The third-order valence-electron chi connectivity index (χ3n) is 2.34. The van der Waals surface area contributed by atoms with Crippen LogP contribution in [0.15, 0.2) is 11.4 Å². The van der Waals surface area contributed by atoms with Crippen molar-refractivity contribution in [3.63, 3.8) is 0 Å². The number of hydrogen-bond acceptors (Lipinski definition) is 6. The normalized spacial score (nSPS) is 10.8. The summed E-state index contributed by atoms with van der Waals surface area (Å²) < 4.78 is 30.6. The van der Waals surface area contributed by atoms with Gasteiger partial charge in [0.15, 0.2) is 0 Å². The highest BCUT2D eigenvalue weighted by atomic mass is 32.2. The van der Waals surface area contributed by atoms with Gasteiger partial charge in [-0.05, 0) is 13.0 Å². The molecule has 0 radical (unpaired) electrons. The maximum absolute atomic E-state index is 11.7. The third kappa shape index (κ3) is 7.24. The number of carbonyl (C=O) groups excluding carboxylic acids is 1. The van der Waals surface area contributed by atoms with E-state index in [0.717, 1.165) is 10.4 Å². The van der Waals surface area contributed by atoms with Crippen LogP contribution in [-0.2, 0) is 26.1 Å². The summed E-state index contributed by atoms with van der Waals surface area (Å²) in [5.74, 6) is 4.81. The Hall–Kier alpha value is -1.40. The standard InChI is InChI=1S/C13H18N2O4S2/c1-2-19-13(16)5-7-21(17,18)15-9-12-8-11(10-20-12)4-3-6-14/h8,10,15H,2,5-7,9,14H2,1H3. The SMILES string of the molecule is CCOC(=O)CCS(=O)(=O)NCc1cc(C#CCN)cs1. The second-order valence-electron chi connectivity index (χ2n) is 4.00. The second kappa shape index (κ2) is 8.79. The van der Waals surface area contributed by atoms with Crippen molar-refractivity contribution in [3.8, 4) is 11.8 Å². The van der Waals surface area contributed by atoms with Crippen molar-refractivity contribution >= 4 is 27.3 Å². The van der Waals surface area contributed by atoms with Gasteiger partial charge in [-0.2, -0.15) is 0 Å². The van der Waals surface area contributed by atoms with Crippen LogP contribution in [0.25, 0.3) is 0 Å². The average Bonchev–Trinajstić information content (AvgIpc) is 2.89. The molecule has 0 atom stereocenters. The van der Waals surface area contributed by atoms with E-state index in [0.29, 0.717) is 0 Å². The Labute approximate surface area is 128 Å². The quantitative estimate of drug-likeness (QED) is 0.558. The maximum Gasteiger partial charge on any atom is 0.306 e. The third-order valence-corrected chi connectivity index (χ3v) is 4.60. The maximum atomic E-state index is 11.7. The molecule has 0 aliphatic rings. The van der Waals surface area contributed by atoms with E-state index in [9.17, 15) is 13.2 Å². The second-order valence-corrected chi connectivity index (χ2v) is 6.92. The van der Waals surface area contributed by atoms with Crippen LogP contribution in [0.4, 0.5) is 0 Å². The van der Waals surface area contributed by atoms with Crippen molar-refractivity contribution < 1.29 is 17.9 Å². The van der Waals surface area contributed by atoms with Gasteiger partial charge >= 0.3 is 5.97 Å². The van der Waals surface area contributed by atoms with Crippen LogP contribution in [0.1, 0.15) is 23.8 Å². The Kier molecular flexibility index (Phi) is 7.39. The first-order valence-corrected chi connectivity index (χ1v) is 8.89. The summed E-state index contributed by atoms with van der Waals surface area (Å²) in [6.07, 6.45) is -0.152. The molecule has 116 valence electrons. The van der Waals surface area contributed by atoms with Gasteiger partial charge in [-0.25, -0.2) is 13.1 Å². The molecule has 1 rings (SSSR count). The number of nitrogens with two attached hydrogens (primary N) is 1. The van der Waals surface area contributed by atoms with Gasteiger partial charge in [-0.3, -0.25) is 4.79 Å². The van der Waals surface area contributed by atoms with Gasteiger partial charge in [-0.1, -0.05) is 11.8 Å². The molecule has 0 unspecified atom stereocenters. The Balaban J connectivity index is 2.46. The van der Waals surface area contributed by atoms with E-state index in [1.807, 2.05) is 5.38 Å². The number of rotatable bonds is 7. The predicted molar refractivity (Wildman–Crippen MR) is 82.1 cm³/mol. The summed E-state index contributed by atoms with van der Waals surface area (Å²) in [5.41, 5.74) is 6.09. The molecule has 0 aliphatic heterocycles. The van der Waals surface area contributed by atoms with Gasteiger partial charge < -0.3 is 10.5 Å². The number of carbonyl (C=O) groups is 1. The van der Waals surface area contributed by atoms with Gasteiger partial charge in [0.2, 0.25) is 10.0 Å². The van der Waals surface area contributed by atoms with E-state index >= 15 is 0 Å². The van der Waals surface area contributed by atoms with Crippen molar-refractivity contribution in [2.24, 2.45) is 5.73 Å². The van der Waals surface area contributed by atoms with E-state index in [-0.39, 0.29) is 31.9 Å². The summed E-state index contributed by atoms with van der Waals surface area (Å²) >= 11 is 1.41. The molecule has 21 heavy (non-hydrogen) atoms. The van der Waals surface area contributed by atoms with E-state index < -0.39 is 16.0 Å². The number of nitrogens with one attached hydrogen (secondary N) is 1. The van der Waals surface area contributed by atoms with Gasteiger partial charge in [0.1, 0.15) is 0 Å². The number of ether oxygens (including phenoxy) is 1. The molecule has 3 N–H and O–H groups in total. The molecule has 0 spiro atoms. The summed E-state index contributed by atoms with van der Waals surface area (Å²) in [7, 11) is -3.50. The Morgan fingerprint density at radius 1 is 1.52 bits per heavy atom. The molecule has 8 heteroatoms. The smallest absolute Gasteiger partial charge is 0.306 e. The molecular weight excluding hydrogens is 312 g/mol. The molecule has 0 amide bonds. The van der Waals surface area contributed by atoms with Crippen molar-refractivity contribution in [3.05, 3.63) is 21.9 Å². The fourth-order valence-electron chi connectivity index (χ4n) is 1.40. The van der Waals surface area contributed by atoms with Crippen LogP contribution >= 0.6 is 11.3 Å². The molecule has 0 fully saturated rings. The molecule has 1 aromatic rings. The van der Waals surface area contributed by atoms with E-state index in [4.69, 9.17) is 5.73 Å². The van der Waals surface area contributed by atoms with Gasteiger partial charge in [0, 0.05) is 22.4 Å². The Bertz CT molecular complexity index is 626. The molecule has 0 saturated carbocycles. The fraction of sp³-hybridized carbons (Fsp3) is 0.462. The lowest BCUT2D eigenvalue weighted by Gasteiger charge is -2.05. The summed E-state index contributed by atoms with van der Waals surface area (Å²) in [4.78, 5) is 12.0. The van der Waals surface area contributed by atoms with Crippen LogP contribution in [0.5, 0.6) is 0 Å². The Morgan fingerprint density at radius 2 is 2.29 bits per heavy atom. The monoisotopic (exact) mass is 330 g/mol.